The van der Waals surface area contributed by atoms with Crippen LogP contribution in [0.15, 0.2) is 23.1 Å². The molecule has 0 saturated carbocycles. The van der Waals surface area contributed by atoms with Crippen LogP contribution >= 0.6 is 0 Å². The minimum atomic E-state index is -4.21. The summed E-state index contributed by atoms with van der Waals surface area (Å²) in [7, 11) is -8.13. The average Bonchev–Trinajstić information content (AvgIpc) is 2.75. The van der Waals surface area contributed by atoms with Crippen molar-refractivity contribution in [3.05, 3.63) is 23.8 Å². The number of fused-ring (bicyclic) bond motifs is 1. The summed E-state index contributed by atoms with van der Waals surface area (Å²) in [4.78, 5) is -0.136. The van der Waals surface area contributed by atoms with Gasteiger partial charge in [-0.25, -0.2) is 4.58 Å². The lowest BCUT2D eigenvalue weighted by atomic mass is 10.1. The first-order valence-electron chi connectivity index (χ1n) is 6.32. The molecule has 7 nitrogen and oxygen atoms in total. The van der Waals surface area contributed by atoms with Gasteiger partial charge in [0.2, 0.25) is 5.69 Å². The van der Waals surface area contributed by atoms with Gasteiger partial charge in [-0.2, -0.15) is 16.8 Å². The maximum Gasteiger partial charge on any atom is 0.294 e. The summed E-state index contributed by atoms with van der Waals surface area (Å²) >= 11 is 0. The third kappa shape index (κ3) is 4.34. The number of unbranched alkanes of at least 4 members (excludes halogenated alkanes) is 1. The molecule has 0 spiro atoms. The van der Waals surface area contributed by atoms with Crippen molar-refractivity contribution >= 4 is 32.1 Å². The van der Waals surface area contributed by atoms with Crippen LogP contribution in [-0.2, 0) is 26.7 Å². The fraction of sp³-hybridized carbons (Fsp3) is 0.417. The summed E-state index contributed by atoms with van der Waals surface area (Å²) < 4.78 is 62.9. The average molecular weight is 334 g/mol. The van der Waals surface area contributed by atoms with Gasteiger partial charge in [0.1, 0.15) is 12.8 Å². The van der Waals surface area contributed by atoms with E-state index in [1.807, 2.05) is 10.8 Å². The summed E-state index contributed by atoms with van der Waals surface area (Å²) in [5.74, 6) is -0.268. The number of rotatable bonds is 6. The van der Waals surface area contributed by atoms with E-state index in [2.05, 4.69) is 0 Å². The minimum absolute atomic E-state index is 0.136. The molecule has 116 valence electrons. The van der Waals surface area contributed by atoms with Crippen molar-refractivity contribution in [2.24, 2.45) is 0 Å². The Hall–Kier alpha value is -1.29. The summed E-state index contributed by atoms with van der Waals surface area (Å²) in [6.07, 6.45) is 3.36. The van der Waals surface area contributed by atoms with Gasteiger partial charge in [-0.3, -0.25) is 9.11 Å². The van der Waals surface area contributed by atoms with Gasteiger partial charge in [0.25, 0.3) is 20.2 Å². The largest absolute Gasteiger partial charge is 0.294 e. The molecule has 1 aliphatic heterocycles. The third-order valence-electron chi connectivity index (χ3n) is 3.24. The van der Waals surface area contributed by atoms with E-state index in [-0.39, 0.29) is 10.6 Å². The Morgan fingerprint density at radius 3 is 2.43 bits per heavy atom. The highest BCUT2D eigenvalue weighted by molar-refractivity contribution is 7.86. The second-order valence-electron chi connectivity index (χ2n) is 4.84. The SMILES string of the molecule is O=S(=O)(O)CCCC[N+]1=CCc2cc(S(=O)(=O)O)ccc21. The lowest BCUT2D eigenvalue weighted by Gasteiger charge is -2.02. The highest BCUT2D eigenvalue weighted by Crippen LogP contribution is 2.26. The Morgan fingerprint density at radius 2 is 1.81 bits per heavy atom. The Balaban J connectivity index is 2.02. The summed E-state index contributed by atoms with van der Waals surface area (Å²) in [6.45, 7) is 0.577. The van der Waals surface area contributed by atoms with Crippen LogP contribution < -0.4 is 0 Å². The second kappa shape index (κ2) is 5.84. The van der Waals surface area contributed by atoms with Gasteiger partial charge in [-0.15, -0.1) is 0 Å². The number of nitrogens with zero attached hydrogens (tertiary/aromatic N) is 1. The quantitative estimate of drug-likeness (QED) is 0.453. The molecule has 0 amide bonds. The van der Waals surface area contributed by atoms with Gasteiger partial charge in [0.05, 0.1) is 17.1 Å². The molecule has 9 heteroatoms. The zero-order valence-corrected chi connectivity index (χ0v) is 12.8. The van der Waals surface area contributed by atoms with Crippen molar-refractivity contribution in [2.75, 3.05) is 12.3 Å². The van der Waals surface area contributed by atoms with Crippen LogP contribution in [0.4, 0.5) is 5.69 Å². The van der Waals surface area contributed by atoms with Gasteiger partial charge >= 0.3 is 0 Å². The standard InChI is InChI=1S/C12H15NO6S2/c14-20(15,16)8-2-1-6-13-7-5-10-9-11(21(17,18)19)3-4-12(10)13/h3-4,7,9H,1-2,5-6,8H2,(H-,14,15,16,17,18,19)/p+1. The molecule has 0 unspecified atom stereocenters. The third-order valence-corrected chi connectivity index (χ3v) is 4.90. The van der Waals surface area contributed by atoms with Crippen molar-refractivity contribution < 1.29 is 30.5 Å². The molecule has 0 saturated heterocycles. The van der Waals surface area contributed by atoms with E-state index < -0.39 is 20.2 Å². The zero-order valence-electron chi connectivity index (χ0n) is 11.1. The molecule has 1 aromatic rings. The lowest BCUT2D eigenvalue weighted by molar-refractivity contribution is -0.433. The van der Waals surface area contributed by atoms with Crippen LogP contribution in [0.1, 0.15) is 18.4 Å². The first-order chi connectivity index (χ1) is 9.67. The van der Waals surface area contributed by atoms with E-state index in [1.54, 1.807) is 6.07 Å². The number of hydrogen-bond donors (Lipinski definition) is 2. The van der Waals surface area contributed by atoms with Crippen molar-refractivity contribution in [2.45, 2.75) is 24.2 Å². The van der Waals surface area contributed by atoms with Gasteiger partial charge in [0, 0.05) is 18.1 Å². The van der Waals surface area contributed by atoms with Gasteiger partial charge in [-0.05, 0) is 18.6 Å². The highest BCUT2D eigenvalue weighted by atomic mass is 32.2. The van der Waals surface area contributed by atoms with Gasteiger partial charge < -0.3 is 0 Å². The van der Waals surface area contributed by atoms with Crippen LogP contribution in [0.2, 0.25) is 0 Å². The predicted molar refractivity (Wildman–Crippen MR) is 76.5 cm³/mol. The van der Waals surface area contributed by atoms with E-state index in [0.29, 0.717) is 25.8 Å². The van der Waals surface area contributed by atoms with Crippen LogP contribution in [0.3, 0.4) is 0 Å². The Morgan fingerprint density at radius 1 is 1.10 bits per heavy atom. The van der Waals surface area contributed by atoms with Crippen molar-refractivity contribution in [3.63, 3.8) is 0 Å². The monoisotopic (exact) mass is 334 g/mol. The smallest absolute Gasteiger partial charge is 0.286 e. The van der Waals surface area contributed by atoms with E-state index in [9.17, 15) is 16.8 Å². The Labute approximate surface area is 123 Å². The molecule has 0 atom stereocenters. The molecule has 0 radical (unpaired) electrons. The fourth-order valence-electron chi connectivity index (χ4n) is 2.25. The first kappa shape index (κ1) is 16.1. The molecule has 0 bridgehead atoms. The molecular weight excluding hydrogens is 318 g/mol. The molecule has 0 fully saturated rings. The van der Waals surface area contributed by atoms with E-state index in [1.165, 1.54) is 12.1 Å². The molecular formula is C12H16NO6S2+. The van der Waals surface area contributed by atoms with Gasteiger partial charge in [-0.1, -0.05) is 0 Å². The second-order valence-corrected chi connectivity index (χ2v) is 7.83. The number of benzene rings is 1. The maximum absolute atomic E-state index is 11.1. The zero-order chi connectivity index (χ0) is 15.7. The molecule has 0 aromatic heterocycles. The normalized spacial score (nSPS) is 14.9. The van der Waals surface area contributed by atoms with Crippen LogP contribution in [0, 0.1) is 0 Å². The lowest BCUT2D eigenvalue weighted by Crippen LogP contribution is -2.09. The summed E-state index contributed by atoms with van der Waals surface area (Å²) in [6, 6.07) is 4.38. The first-order valence-corrected chi connectivity index (χ1v) is 9.37. The predicted octanol–water partition coefficient (Wildman–Crippen LogP) is 0.872. The fourth-order valence-corrected chi connectivity index (χ4v) is 3.35. The van der Waals surface area contributed by atoms with E-state index >= 15 is 0 Å². The Bertz CT molecular complexity index is 780. The van der Waals surface area contributed by atoms with Crippen LogP contribution in [-0.4, -0.2) is 49.0 Å². The summed E-state index contributed by atoms with van der Waals surface area (Å²) in [5, 5.41) is 0. The van der Waals surface area contributed by atoms with Crippen LogP contribution in [0.25, 0.3) is 0 Å². The molecule has 1 aromatic carbocycles. The molecule has 1 heterocycles. The minimum Gasteiger partial charge on any atom is -0.286 e. The summed E-state index contributed by atoms with van der Waals surface area (Å²) in [5.41, 5.74) is 1.63. The highest BCUT2D eigenvalue weighted by Gasteiger charge is 2.23. The molecule has 0 aliphatic carbocycles. The van der Waals surface area contributed by atoms with Gasteiger partial charge in [0.15, 0.2) is 0 Å². The molecule has 21 heavy (non-hydrogen) atoms. The Kier molecular flexibility index (Phi) is 4.47. The topological polar surface area (TPSA) is 112 Å². The van der Waals surface area contributed by atoms with Crippen molar-refractivity contribution in [1.82, 2.24) is 0 Å². The molecule has 2 rings (SSSR count). The number of hydrogen-bond acceptors (Lipinski definition) is 4. The van der Waals surface area contributed by atoms with Crippen LogP contribution in [0.5, 0.6) is 0 Å². The van der Waals surface area contributed by atoms with E-state index in [4.69, 9.17) is 9.11 Å². The maximum atomic E-state index is 11.1. The van der Waals surface area contributed by atoms with E-state index in [0.717, 1.165) is 11.3 Å². The molecule has 1 aliphatic rings. The van der Waals surface area contributed by atoms with Crippen molar-refractivity contribution in [3.8, 4) is 0 Å². The molecule has 2 N–H and O–H groups in total. The van der Waals surface area contributed by atoms with Crippen molar-refractivity contribution in [1.29, 1.82) is 0 Å².